The van der Waals surface area contributed by atoms with Gasteiger partial charge in [-0.05, 0) is 37.3 Å². The van der Waals surface area contributed by atoms with Gasteiger partial charge in [0.15, 0.2) is 0 Å². The summed E-state index contributed by atoms with van der Waals surface area (Å²) in [6.07, 6.45) is 2.15. The molecule has 0 radical (unpaired) electrons. The lowest BCUT2D eigenvalue weighted by molar-refractivity contribution is 0.411. The lowest BCUT2D eigenvalue weighted by Gasteiger charge is -2.15. The van der Waals surface area contributed by atoms with Gasteiger partial charge in [0.05, 0.1) is 11.2 Å². The maximum Gasteiger partial charge on any atom is 0.0706 e. The van der Waals surface area contributed by atoms with Crippen LogP contribution in [0.5, 0.6) is 0 Å². The van der Waals surface area contributed by atoms with Crippen molar-refractivity contribution in [1.82, 2.24) is 9.78 Å². The molecule has 0 bridgehead atoms. The van der Waals surface area contributed by atoms with Gasteiger partial charge in [0.25, 0.3) is 0 Å². The smallest absolute Gasteiger partial charge is 0.0706 e. The molecule has 1 atom stereocenters. The van der Waals surface area contributed by atoms with E-state index < -0.39 is 0 Å². The highest BCUT2D eigenvalue weighted by molar-refractivity contribution is 5.81. The normalized spacial score (nSPS) is 13.4. The van der Waals surface area contributed by atoms with Crippen LogP contribution in [0.2, 0.25) is 0 Å². The van der Waals surface area contributed by atoms with Crippen molar-refractivity contribution < 1.29 is 0 Å². The average Bonchev–Trinajstić information content (AvgIpc) is 2.66. The fraction of sp³-hybridized carbons (Fsp3) is 0.533. The summed E-state index contributed by atoms with van der Waals surface area (Å²) in [5.41, 5.74) is 8.27. The van der Waals surface area contributed by atoms with Gasteiger partial charge in [0, 0.05) is 12.4 Å². The van der Waals surface area contributed by atoms with Crippen LogP contribution in [0.4, 0.5) is 0 Å². The predicted molar refractivity (Wildman–Crippen MR) is 76.4 cm³/mol. The predicted octanol–water partition coefficient (Wildman–Crippen LogP) is 2.74. The van der Waals surface area contributed by atoms with E-state index in [0.29, 0.717) is 11.8 Å². The highest BCUT2D eigenvalue weighted by atomic mass is 15.3. The molecule has 1 heterocycles. The van der Waals surface area contributed by atoms with Gasteiger partial charge in [-0.25, -0.2) is 0 Å². The first kappa shape index (κ1) is 13.1. The third-order valence-corrected chi connectivity index (χ3v) is 3.45. The van der Waals surface area contributed by atoms with Crippen LogP contribution in [-0.4, -0.2) is 16.3 Å². The molecule has 18 heavy (non-hydrogen) atoms. The molecule has 0 saturated heterocycles. The van der Waals surface area contributed by atoms with Crippen LogP contribution in [0, 0.1) is 11.8 Å². The summed E-state index contributed by atoms with van der Waals surface area (Å²) in [7, 11) is 2.01. The fourth-order valence-corrected chi connectivity index (χ4v) is 2.64. The number of hydrogen-bond donors (Lipinski definition) is 1. The molecule has 1 aromatic carbocycles. The van der Waals surface area contributed by atoms with E-state index in [1.54, 1.807) is 0 Å². The molecule has 2 rings (SSSR count). The molecule has 1 aromatic heterocycles. The third kappa shape index (κ3) is 2.72. The topological polar surface area (TPSA) is 43.8 Å². The number of rotatable bonds is 5. The van der Waals surface area contributed by atoms with Gasteiger partial charge in [-0.2, -0.15) is 5.10 Å². The van der Waals surface area contributed by atoms with Gasteiger partial charge in [-0.15, -0.1) is 0 Å². The molecular weight excluding hydrogens is 222 g/mol. The molecule has 0 aliphatic carbocycles. The average molecular weight is 245 g/mol. The van der Waals surface area contributed by atoms with Crippen LogP contribution in [0.3, 0.4) is 0 Å². The number of hydrogen-bond acceptors (Lipinski definition) is 2. The lowest BCUT2D eigenvalue weighted by atomic mass is 9.92. The van der Waals surface area contributed by atoms with Gasteiger partial charge in [-0.1, -0.05) is 32.0 Å². The van der Waals surface area contributed by atoms with Gasteiger partial charge < -0.3 is 5.73 Å². The van der Waals surface area contributed by atoms with Crippen molar-refractivity contribution in [3.05, 3.63) is 30.0 Å². The van der Waals surface area contributed by atoms with Crippen molar-refractivity contribution in [2.24, 2.45) is 24.6 Å². The first-order valence-corrected chi connectivity index (χ1v) is 6.72. The van der Waals surface area contributed by atoms with Gasteiger partial charge in [0.1, 0.15) is 0 Å². The summed E-state index contributed by atoms with van der Waals surface area (Å²) in [6, 6.07) is 8.40. The van der Waals surface area contributed by atoms with Crippen molar-refractivity contribution in [3.63, 3.8) is 0 Å². The van der Waals surface area contributed by atoms with E-state index in [-0.39, 0.29) is 0 Å². The van der Waals surface area contributed by atoms with Crippen LogP contribution in [0.25, 0.3) is 10.9 Å². The van der Waals surface area contributed by atoms with E-state index >= 15 is 0 Å². The van der Waals surface area contributed by atoms with E-state index in [4.69, 9.17) is 5.73 Å². The maximum atomic E-state index is 5.89. The minimum Gasteiger partial charge on any atom is -0.330 e. The van der Waals surface area contributed by atoms with Crippen molar-refractivity contribution in [3.8, 4) is 0 Å². The number of fused-ring (bicyclic) bond motifs is 1. The fourth-order valence-electron chi connectivity index (χ4n) is 2.64. The van der Waals surface area contributed by atoms with Crippen LogP contribution in [0.1, 0.15) is 26.0 Å². The van der Waals surface area contributed by atoms with Crippen molar-refractivity contribution >= 4 is 10.9 Å². The van der Waals surface area contributed by atoms with E-state index in [0.717, 1.165) is 13.0 Å². The number of para-hydroxylation sites is 1. The molecule has 0 saturated carbocycles. The summed E-state index contributed by atoms with van der Waals surface area (Å²) >= 11 is 0. The Bertz CT molecular complexity index is 513. The Kier molecular flexibility index (Phi) is 4.02. The first-order valence-electron chi connectivity index (χ1n) is 6.72. The summed E-state index contributed by atoms with van der Waals surface area (Å²) < 4.78 is 1.97. The number of aromatic nitrogens is 2. The molecule has 0 spiro atoms. The van der Waals surface area contributed by atoms with Crippen LogP contribution < -0.4 is 5.73 Å². The van der Waals surface area contributed by atoms with E-state index in [1.807, 2.05) is 11.7 Å². The largest absolute Gasteiger partial charge is 0.330 e. The first-order chi connectivity index (χ1) is 8.61. The summed E-state index contributed by atoms with van der Waals surface area (Å²) in [4.78, 5) is 0. The van der Waals surface area contributed by atoms with E-state index in [9.17, 15) is 0 Å². The molecule has 98 valence electrons. The quantitative estimate of drug-likeness (QED) is 0.880. The Balaban J connectivity index is 2.25. The zero-order valence-electron chi connectivity index (χ0n) is 11.6. The maximum absolute atomic E-state index is 5.89. The highest BCUT2D eigenvalue weighted by Gasteiger charge is 2.15. The third-order valence-electron chi connectivity index (χ3n) is 3.45. The van der Waals surface area contributed by atoms with E-state index in [2.05, 4.69) is 43.2 Å². The van der Waals surface area contributed by atoms with Gasteiger partial charge in [-0.3, -0.25) is 4.68 Å². The Morgan fingerprint density at radius 1 is 1.28 bits per heavy atom. The van der Waals surface area contributed by atoms with Crippen molar-refractivity contribution in [2.45, 2.75) is 26.7 Å². The second-order valence-electron chi connectivity index (χ2n) is 5.52. The number of aryl methyl sites for hydroxylation is 1. The molecule has 2 aromatic rings. The Morgan fingerprint density at radius 2 is 2.00 bits per heavy atom. The zero-order valence-corrected chi connectivity index (χ0v) is 11.6. The molecule has 2 N–H and O–H groups in total. The molecule has 1 unspecified atom stereocenters. The van der Waals surface area contributed by atoms with E-state index in [1.165, 1.54) is 23.0 Å². The van der Waals surface area contributed by atoms with Gasteiger partial charge >= 0.3 is 0 Å². The van der Waals surface area contributed by atoms with Gasteiger partial charge in [0.2, 0.25) is 0 Å². The Hall–Kier alpha value is -1.35. The van der Waals surface area contributed by atoms with Crippen LogP contribution in [0.15, 0.2) is 24.3 Å². The number of nitrogens with two attached hydrogens (primary N) is 1. The monoisotopic (exact) mass is 245 g/mol. The Labute approximate surface area is 109 Å². The molecular formula is C15H23N3. The molecule has 3 heteroatoms. The SMILES string of the molecule is CC(C)CC(CN)Cc1nn(C)c2ccccc12. The standard InChI is InChI=1S/C15H23N3/c1-11(2)8-12(10-16)9-14-13-6-4-5-7-15(13)18(3)17-14/h4-7,11-12H,8-10,16H2,1-3H3. The molecule has 0 amide bonds. The molecule has 3 nitrogen and oxygen atoms in total. The second kappa shape index (κ2) is 5.53. The highest BCUT2D eigenvalue weighted by Crippen LogP contribution is 2.22. The molecule has 0 fully saturated rings. The minimum absolute atomic E-state index is 0.531. The zero-order chi connectivity index (χ0) is 13.1. The summed E-state index contributed by atoms with van der Waals surface area (Å²) in [5.74, 6) is 1.22. The second-order valence-corrected chi connectivity index (χ2v) is 5.52. The van der Waals surface area contributed by atoms with Crippen LogP contribution >= 0.6 is 0 Å². The van der Waals surface area contributed by atoms with Crippen molar-refractivity contribution in [1.29, 1.82) is 0 Å². The molecule has 0 aliphatic heterocycles. The minimum atomic E-state index is 0.531. The summed E-state index contributed by atoms with van der Waals surface area (Å²) in [6.45, 7) is 5.24. The lowest BCUT2D eigenvalue weighted by Crippen LogP contribution is -2.19. The summed E-state index contributed by atoms with van der Waals surface area (Å²) in [5, 5.41) is 5.91. The van der Waals surface area contributed by atoms with Crippen LogP contribution in [-0.2, 0) is 13.5 Å². The Morgan fingerprint density at radius 3 is 2.67 bits per heavy atom. The number of benzene rings is 1. The molecule has 0 aliphatic rings. The van der Waals surface area contributed by atoms with Crippen molar-refractivity contribution in [2.75, 3.05) is 6.54 Å². The number of nitrogens with zero attached hydrogens (tertiary/aromatic N) is 2.